The fourth-order valence-electron chi connectivity index (χ4n) is 2.05. The maximum absolute atomic E-state index is 6.01. The van der Waals surface area contributed by atoms with Crippen LogP contribution in [0.15, 0.2) is 60.5 Å². The van der Waals surface area contributed by atoms with E-state index in [4.69, 9.17) is 9.47 Å². The molecule has 2 aromatic rings. The van der Waals surface area contributed by atoms with Crippen LogP contribution in [0.1, 0.15) is 19.4 Å². The van der Waals surface area contributed by atoms with Crippen LogP contribution in [-0.2, 0) is 0 Å². The molecule has 0 fully saturated rings. The van der Waals surface area contributed by atoms with E-state index in [-0.39, 0.29) is 0 Å². The van der Waals surface area contributed by atoms with Gasteiger partial charge in [-0.2, -0.15) is 0 Å². The fraction of sp³-hybridized carbons (Fsp3) is 0.222. The first-order valence-electron chi connectivity index (χ1n) is 7.10. The largest absolute Gasteiger partial charge is 0.490 e. The lowest BCUT2D eigenvalue weighted by Gasteiger charge is -2.16. The van der Waals surface area contributed by atoms with Crippen molar-refractivity contribution in [2.24, 2.45) is 0 Å². The van der Waals surface area contributed by atoms with Crippen LogP contribution in [-0.4, -0.2) is 13.7 Å². The third-order valence-electron chi connectivity index (χ3n) is 3.14. The Kier molecular flexibility index (Phi) is 5.27. The number of hydrogen-bond acceptors (Lipinski definition) is 3. The molecule has 0 aliphatic heterocycles. The van der Waals surface area contributed by atoms with Gasteiger partial charge in [0.1, 0.15) is 0 Å². The fourth-order valence-corrected chi connectivity index (χ4v) is 2.05. The maximum Gasteiger partial charge on any atom is 0.196 e. The molecule has 0 aliphatic carbocycles. The van der Waals surface area contributed by atoms with Gasteiger partial charge in [0, 0.05) is 12.6 Å². The van der Waals surface area contributed by atoms with Crippen molar-refractivity contribution in [3.8, 4) is 11.5 Å². The predicted octanol–water partition coefficient (Wildman–Crippen LogP) is 4.07. The van der Waals surface area contributed by atoms with Crippen LogP contribution in [0.2, 0.25) is 0 Å². The van der Waals surface area contributed by atoms with Crippen LogP contribution in [0.3, 0.4) is 0 Å². The smallest absolute Gasteiger partial charge is 0.196 e. The van der Waals surface area contributed by atoms with Crippen LogP contribution in [0.5, 0.6) is 11.5 Å². The molecule has 0 saturated heterocycles. The molecule has 0 aromatic heterocycles. The number of allylic oxidation sites excluding steroid dienone is 1. The number of rotatable bonds is 6. The van der Waals surface area contributed by atoms with Crippen LogP contribution >= 0.6 is 0 Å². The van der Waals surface area contributed by atoms with Crippen LogP contribution in [0.4, 0.5) is 0 Å². The van der Waals surface area contributed by atoms with Gasteiger partial charge < -0.3 is 14.8 Å². The SMILES string of the molecule is CCOc1ccccc1OC(NC)=C(C)c1ccccc1. The molecule has 0 aliphatic rings. The molecule has 110 valence electrons. The van der Waals surface area contributed by atoms with Gasteiger partial charge in [-0.05, 0) is 31.5 Å². The molecule has 3 heteroatoms. The normalized spacial score (nSPS) is 11.6. The molecule has 0 heterocycles. The highest BCUT2D eigenvalue weighted by molar-refractivity contribution is 5.65. The van der Waals surface area contributed by atoms with Crippen molar-refractivity contribution in [3.63, 3.8) is 0 Å². The summed E-state index contributed by atoms with van der Waals surface area (Å²) < 4.78 is 11.6. The topological polar surface area (TPSA) is 30.5 Å². The van der Waals surface area contributed by atoms with Gasteiger partial charge >= 0.3 is 0 Å². The van der Waals surface area contributed by atoms with Gasteiger partial charge in [-0.25, -0.2) is 0 Å². The zero-order chi connectivity index (χ0) is 15.1. The first-order valence-corrected chi connectivity index (χ1v) is 7.10. The molecule has 0 unspecified atom stereocenters. The first kappa shape index (κ1) is 15.0. The number of para-hydroxylation sites is 2. The molecule has 1 N–H and O–H groups in total. The van der Waals surface area contributed by atoms with Crippen molar-refractivity contribution < 1.29 is 9.47 Å². The summed E-state index contributed by atoms with van der Waals surface area (Å²) in [5, 5.41) is 3.12. The molecule has 2 aromatic carbocycles. The van der Waals surface area contributed by atoms with E-state index in [1.807, 2.05) is 63.4 Å². The number of benzene rings is 2. The summed E-state index contributed by atoms with van der Waals surface area (Å²) >= 11 is 0. The van der Waals surface area contributed by atoms with Gasteiger partial charge in [0.15, 0.2) is 17.4 Å². The van der Waals surface area contributed by atoms with E-state index >= 15 is 0 Å². The molecule has 21 heavy (non-hydrogen) atoms. The van der Waals surface area contributed by atoms with Crippen LogP contribution in [0, 0.1) is 0 Å². The molecule has 0 radical (unpaired) electrons. The number of nitrogens with one attached hydrogen (secondary N) is 1. The van der Waals surface area contributed by atoms with Crippen molar-refractivity contribution in [2.75, 3.05) is 13.7 Å². The van der Waals surface area contributed by atoms with Crippen molar-refractivity contribution >= 4 is 5.57 Å². The average Bonchev–Trinajstić information content (AvgIpc) is 2.54. The molecule has 3 nitrogen and oxygen atoms in total. The molecular formula is C18H21NO2. The Morgan fingerprint density at radius 1 is 0.952 bits per heavy atom. The molecule has 2 rings (SSSR count). The Balaban J connectivity index is 2.31. The lowest BCUT2D eigenvalue weighted by atomic mass is 10.1. The van der Waals surface area contributed by atoms with E-state index in [0.717, 1.165) is 16.9 Å². The van der Waals surface area contributed by atoms with Crippen molar-refractivity contribution in [2.45, 2.75) is 13.8 Å². The Labute approximate surface area is 126 Å². The quantitative estimate of drug-likeness (QED) is 0.811. The first-order chi connectivity index (χ1) is 10.3. The molecule has 0 saturated carbocycles. The highest BCUT2D eigenvalue weighted by Crippen LogP contribution is 2.29. The summed E-state index contributed by atoms with van der Waals surface area (Å²) in [6, 6.07) is 17.8. The molecular weight excluding hydrogens is 262 g/mol. The monoisotopic (exact) mass is 283 g/mol. The van der Waals surface area contributed by atoms with Gasteiger partial charge in [-0.15, -0.1) is 0 Å². The highest BCUT2D eigenvalue weighted by atomic mass is 16.5. The highest BCUT2D eigenvalue weighted by Gasteiger charge is 2.09. The van der Waals surface area contributed by atoms with Crippen molar-refractivity contribution in [3.05, 3.63) is 66.0 Å². The van der Waals surface area contributed by atoms with Crippen molar-refractivity contribution in [1.82, 2.24) is 5.32 Å². The minimum atomic E-state index is 0.608. The lowest BCUT2D eigenvalue weighted by molar-refractivity contribution is 0.308. The second kappa shape index (κ2) is 7.39. The second-order valence-corrected chi connectivity index (χ2v) is 4.55. The van der Waals surface area contributed by atoms with Gasteiger partial charge in [-0.3, -0.25) is 0 Å². The third kappa shape index (κ3) is 3.78. The summed E-state index contributed by atoms with van der Waals surface area (Å²) in [4.78, 5) is 0. The number of ether oxygens (including phenoxy) is 2. The standard InChI is InChI=1S/C18H21NO2/c1-4-20-16-12-8-9-13-17(16)21-18(19-3)14(2)15-10-6-5-7-11-15/h5-13,19H,4H2,1-3H3. The van der Waals surface area contributed by atoms with Crippen molar-refractivity contribution in [1.29, 1.82) is 0 Å². The average molecular weight is 283 g/mol. The van der Waals surface area contributed by atoms with E-state index in [9.17, 15) is 0 Å². The summed E-state index contributed by atoms with van der Waals surface area (Å²) in [7, 11) is 1.85. The minimum absolute atomic E-state index is 0.608. The molecule has 0 bridgehead atoms. The summed E-state index contributed by atoms with van der Waals surface area (Å²) in [5.41, 5.74) is 2.17. The predicted molar refractivity (Wildman–Crippen MR) is 86.3 cm³/mol. The van der Waals surface area contributed by atoms with Gasteiger partial charge in [0.2, 0.25) is 0 Å². The Bertz CT molecular complexity index is 606. The van der Waals surface area contributed by atoms with E-state index in [2.05, 4.69) is 17.4 Å². The van der Waals surface area contributed by atoms with E-state index < -0.39 is 0 Å². The summed E-state index contributed by atoms with van der Waals surface area (Å²) in [6.07, 6.45) is 0. The Morgan fingerprint density at radius 2 is 1.57 bits per heavy atom. The maximum atomic E-state index is 6.01. The zero-order valence-corrected chi connectivity index (χ0v) is 12.7. The molecule has 0 spiro atoms. The lowest BCUT2D eigenvalue weighted by Crippen LogP contribution is -2.14. The van der Waals surface area contributed by atoms with Gasteiger partial charge in [0.05, 0.1) is 6.61 Å². The second-order valence-electron chi connectivity index (χ2n) is 4.55. The molecule has 0 atom stereocenters. The Hall–Kier alpha value is -2.42. The van der Waals surface area contributed by atoms with E-state index in [0.29, 0.717) is 18.2 Å². The summed E-state index contributed by atoms with van der Waals surface area (Å²) in [5.74, 6) is 2.17. The van der Waals surface area contributed by atoms with Gasteiger partial charge in [-0.1, -0.05) is 42.5 Å². The van der Waals surface area contributed by atoms with E-state index in [1.165, 1.54) is 0 Å². The Morgan fingerprint density at radius 3 is 2.19 bits per heavy atom. The molecule has 0 amide bonds. The van der Waals surface area contributed by atoms with Crippen LogP contribution in [0.25, 0.3) is 5.57 Å². The third-order valence-corrected chi connectivity index (χ3v) is 3.14. The minimum Gasteiger partial charge on any atom is -0.490 e. The van der Waals surface area contributed by atoms with E-state index in [1.54, 1.807) is 0 Å². The van der Waals surface area contributed by atoms with Crippen LogP contribution < -0.4 is 14.8 Å². The zero-order valence-electron chi connectivity index (χ0n) is 12.7. The van der Waals surface area contributed by atoms with Gasteiger partial charge in [0.25, 0.3) is 0 Å². The number of hydrogen-bond donors (Lipinski definition) is 1. The summed E-state index contributed by atoms with van der Waals surface area (Å²) in [6.45, 7) is 4.60.